The van der Waals surface area contributed by atoms with Crippen molar-refractivity contribution in [3.05, 3.63) is 0 Å². The summed E-state index contributed by atoms with van der Waals surface area (Å²) in [5.74, 6) is -2.39. The summed E-state index contributed by atoms with van der Waals surface area (Å²) < 4.78 is 22.2. The zero-order valence-corrected chi connectivity index (χ0v) is 7.99. The molecule has 1 heterocycles. The normalized spacial score (nSPS) is 32.0. The molecule has 0 aromatic heterocycles. The fraction of sp³-hybridized carbons (Fsp3) is 0.714. The molecule has 7 heteroatoms. The number of carbonyl (C=O) groups is 1. The first-order chi connectivity index (χ1) is 6.33. The highest BCUT2D eigenvalue weighted by Crippen LogP contribution is 2.35. The standard InChI is InChI=1S/C7H9NO5S/c8-3-7(5(9)6(10)11)1-2-14(12,13)4-7/h5,9H,1-2,4H2,(H,10,11). The predicted molar refractivity (Wildman–Crippen MR) is 45.0 cm³/mol. The monoisotopic (exact) mass is 219 g/mol. The second kappa shape index (κ2) is 3.22. The van der Waals surface area contributed by atoms with E-state index in [4.69, 9.17) is 10.4 Å². The van der Waals surface area contributed by atoms with Gasteiger partial charge in [-0.05, 0) is 6.42 Å². The summed E-state index contributed by atoms with van der Waals surface area (Å²) in [6.07, 6.45) is -2.07. The van der Waals surface area contributed by atoms with Crippen molar-refractivity contribution in [1.29, 1.82) is 5.26 Å². The lowest BCUT2D eigenvalue weighted by Gasteiger charge is -2.21. The van der Waals surface area contributed by atoms with E-state index in [1.165, 1.54) is 0 Å². The molecule has 0 saturated carbocycles. The van der Waals surface area contributed by atoms with Crippen molar-refractivity contribution < 1.29 is 23.4 Å². The fourth-order valence-electron chi connectivity index (χ4n) is 1.48. The average Bonchev–Trinajstić information content (AvgIpc) is 2.41. The van der Waals surface area contributed by atoms with Crippen LogP contribution in [0.4, 0.5) is 0 Å². The van der Waals surface area contributed by atoms with Crippen molar-refractivity contribution in [1.82, 2.24) is 0 Å². The average molecular weight is 219 g/mol. The summed E-state index contributed by atoms with van der Waals surface area (Å²) >= 11 is 0. The van der Waals surface area contributed by atoms with Crippen LogP contribution in [-0.4, -0.2) is 42.2 Å². The van der Waals surface area contributed by atoms with Crippen LogP contribution < -0.4 is 0 Å². The minimum Gasteiger partial charge on any atom is -0.479 e. The summed E-state index contributed by atoms with van der Waals surface area (Å²) in [7, 11) is -3.39. The molecule has 2 atom stereocenters. The number of rotatable bonds is 2. The topological polar surface area (TPSA) is 115 Å². The maximum absolute atomic E-state index is 11.1. The first-order valence-corrected chi connectivity index (χ1v) is 5.68. The van der Waals surface area contributed by atoms with Crippen molar-refractivity contribution in [2.45, 2.75) is 12.5 Å². The van der Waals surface area contributed by atoms with Crippen molar-refractivity contribution in [3.63, 3.8) is 0 Å². The van der Waals surface area contributed by atoms with Gasteiger partial charge in [-0.3, -0.25) is 0 Å². The molecule has 0 aromatic carbocycles. The lowest BCUT2D eigenvalue weighted by molar-refractivity contribution is -0.151. The van der Waals surface area contributed by atoms with Gasteiger partial charge in [0.2, 0.25) is 0 Å². The summed E-state index contributed by atoms with van der Waals surface area (Å²) in [5, 5.41) is 26.5. The van der Waals surface area contributed by atoms with E-state index in [9.17, 15) is 18.3 Å². The Balaban J connectivity index is 3.04. The molecule has 1 rings (SSSR count). The molecule has 2 unspecified atom stereocenters. The summed E-state index contributed by atoms with van der Waals surface area (Å²) in [6.45, 7) is 0. The minimum atomic E-state index is -3.39. The third kappa shape index (κ3) is 1.71. The summed E-state index contributed by atoms with van der Waals surface area (Å²) in [5.41, 5.74) is -1.68. The first kappa shape index (κ1) is 10.9. The molecule has 0 amide bonds. The highest BCUT2D eigenvalue weighted by atomic mass is 32.2. The molecular weight excluding hydrogens is 210 g/mol. The van der Waals surface area contributed by atoms with Gasteiger partial charge in [-0.25, -0.2) is 13.2 Å². The molecular formula is C7H9NO5S. The quantitative estimate of drug-likeness (QED) is 0.600. The van der Waals surface area contributed by atoms with E-state index in [0.717, 1.165) is 0 Å². The van der Waals surface area contributed by atoms with Crippen LogP contribution in [-0.2, 0) is 14.6 Å². The minimum absolute atomic E-state index is 0.126. The highest BCUT2D eigenvalue weighted by Gasteiger charge is 2.51. The van der Waals surface area contributed by atoms with Crippen LogP contribution in [0.2, 0.25) is 0 Å². The lowest BCUT2D eigenvalue weighted by atomic mass is 9.83. The van der Waals surface area contributed by atoms with E-state index >= 15 is 0 Å². The van der Waals surface area contributed by atoms with E-state index < -0.39 is 33.1 Å². The molecule has 14 heavy (non-hydrogen) atoms. The van der Waals surface area contributed by atoms with Crippen LogP contribution in [0.25, 0.3) is 0 Å². The Labute approximate surface area is 80.7 Å². The Morgan fingerprint density at radius 2 is 2.14 bits per heavy atom. The second-order valence-corrected chi connectivity index (χ2v) is 5.53. The van der Waals surface area contributed by atoms with Crippen LogP contribution in [0.5, 0.6) is 0 Å². The number of hydrogen-bond acceptors (Lipinski definition) is 5. The number of nitrogens with zero attached hydrogens (tertiary/aromatic N) is 1. The Bertz CT molecular complexity index is 395. The maximum atomic E-state index is 11.1. The number of sulfone groups is 1. The van der Waals surface area contributed by atoms with Gasteiger partial charge in [0.05, 0.1) is 17.6 Å². The van der Waals surface area contributed by atoms with Gasteiger partial charge >= 0.3 is 5.97 Å². The molecule has 1 aliphatic rings. The van der Waals surface area contributed by atoms with E-state index in [2.05, 4.69) is 0 Å². The third-order valence-corrected chi connectivity index (χ3v) is 4.10. The smallest absolute Gasteiger partial charge is 0.334 e. The summed E-state index contributed by atoms with van der Waals surface area (Å²) in [6, 6.07) is 1.60. The van der Waals surface area contributed by atoms with E-state index in [-0.39, 0.29) is 12.2 Å². The zero-order chi connectivity index (χ0) is 11.0. The third-order valence-electron chi connectivity index (χ3n) is 2.32. The van der Waals surface area contributed by atoms with Gasteiger partial charge in [-0.1, -0.05) is 0 Å². The number of aliphatic hydroxyl groups is 1. The number of aliphatic hydroxyl groups excluding tert-OH is 1. The molecule has 0 aromatic rings. The molecule has 0 radical (unpaired) electrons. The number of nitriles is 1. The number of carboxylic acids is 1. The van der Waals surface area contributed by atoms with Crippen LogP contribution >= 0.6 is 0 Å². The van der Waals surface area contributed by atoms with Gasteiger partial charge in [0.15, 0.2) is 15.9 Å². The Hall–Kier alpha value is -1.13. The molecule has 0 bridgehead atoms. The van der Waals surface area contributed by atoms with Crippen molar-refractivity contribution >= 4 is 15.8 Å². The molecule has 78 valence electrons. The number of aliphatic carboxylic acids is 1. The molecule has 1 fully saturated rings. The zero-order valence-electron chi connectivity index (χ0n) is 7.17. The van der Waals surface area contributed by atoms with Crippen molar-refractivity contribution in [2.24, 2.45) is 5.41 Å². The van der Waals surface area contributed by atoms with E-state index in [1.807, 2.05) is 0 Å². The van der Waals surface area contributed by atoms with Gasteiger partial charge in [-0.2, -0.15) is 5.26 Å². The Morgan fingerprint density at radius 1 is 1.57 bits per heavy atom. The SMILES string of the molecule is N#CC1(C(O)C(=O)O)CCS(=O)(=O)C1. The molecule has 2 N–H and O–H groups in total. The second-order valence-electron chi connectivity index (χ2n) is 3.35. The molecule has 1 aliphatic heterocycles. The Morgan fingerprint density at radius 3 is 2.43 bits per heavy atom. The highest BCUT2D eigenvalue weighted by molar-refractivity contribution is 7.91. The van der Waals surface area contributed by atoms with Crippen LogP contribution in [0.3, 0.4) is 0 Å². The van der Waals surface area contributed by atoms with Crippen LogP contribution in [0.15, 0.2) is 0 Å². The molecule has 1 saturated heterocycles. The molecule has 0 spiro atoms. The van der Waals surface area contributed by atoms with Gasteiger partial charge in [-0.15, -0.1) is 0 Å². The predicted octanol–water partition coefficient (Wildman–Crippen LogP) is -1.24. The van der Waals surface area contributed by atoms with Gasteiger partial charge in [0.25, 0.3) is 0 Å². The maximum Gasteiger partial charge on any atom is 0.334 e. The molecule has 6 nitrogen and oxygen atoms in total. The van der Waals surface area contributed by atoms with Gasteiger partial charge in [0, 0.05) is 0 Å². The lowest BCUT2D eigenvalue weighted by Crippen LogP contribution is -2.40. The first-order valence-electron chi connectivity index (χ1n) is 3.85. The van der Waals surface area contributed by atoms with Gasteiger partial charge in [0.1, 0.15) is 5.41 Å². The van der Waals surface area contributed by atoms with Crippen LogP contribution in [0.1, 0.15) is 6.42 Å². The van der Waals surface area contributed by atoms with E-state index in [0.29, 0.717) is 0 Å². The van der Waals surface area contributed by atoms with E-state index in [1.54, 1.807) is 6.07 Å². The van der Waals surface area contributed by atoms with Crippen LogP contribution in [0, 0.1) is 16.7 Å². The fourth-order valence-corrected chi connectivity index (χ4v) is 3.45. The number of carboxylic acid groups (broad SMARTS) is 1. The Kier molecular flexibility index (Phi) is 2.52. The van der Waals surface area contributed by atoms with Gasteiger partial charge < -0.3 is 10.2 Å². The number of hydrogen-bond donors (Lipinski definition) is 2. The molecule has 0 aliphatic carbocycles. The van der Waals surface area contributed by atoms with Crippen molar-refractivity contribution in [2.75, 3.05) is 11.5 Å². The van der Waals surface area contributed by atoms with Crippen molar-refractivity contribution in [3.8, 4) is 6.07 Å². The largest absolute Gasteiger partial charge is 0.479 e. The summed E-state index contributed by atoms with van der Waals surface area (Å²) in [4.78, 5) is 10.5.